The Hall–Kier alpha value is -4.95. The lowest BCUT2D eigenvalue weighted by molar-refractivity contribution is 0.0871. The van der Waals surface area contributed by atoms with Crippen LogP contribution in [0.2, 0.25) is 0 Å². The lowest BCUT2D eigenvalue weighted by Crippen LogP contribution is -2.65. The van der Waals surface area contributed by atoms with Crippen LogP contribution in [-0.4, -0.2) is 17.4 Å². The molecule has 0 bridgehead atoms. The molecule has 1 spiro atoms. The molecule has 2 nitrogen and oxygen atoms in total. The van der Waals surface area contributed by atoms with Crippen LogP contribution in [0.5, 0.6) is 0 Å². The van der Waals surface area contributed by atoms with E-state index < -0.39 is 16.9 Å². The van der Waals surface area contributed by atoms with Crippen LogP contribution >= 0.6 is 0 Å². The third kappa shape index (κ3) is 4.68. The molecule has 2 aliphatic rings. The monoisotopic (exact) mass is 585 g/mol. The van der Waals surface area contributed by atoms with E-state index in [1.807, 2.05) is 30.3 Å². The van der Waals surface area contributed by atoms with Crippen molar-refractivity contribution in [3.8, 4) is 0 Å². The first-order valence-electron chi connectivity index (χ1n) is 16.0. The summed E-state index contributed by atoms with van der Waals surface area (Å²) in [6.07, 6.45) is 5.53. The molecular formula is C43H39NO. The maximum Gasteiger partial charge on any atom is 0.173 e. The number of ketones is 1. The van der Waals surface area contributed by atoms with Crippen molar-refractivity contribution in [1.82, 2.24) is 0 Å². The minimum Gasteiger partial charge on any atom is -0.358 e. The molecule has 0 fully saturated rings. The predicted molar refractivity (Wildman–Crippen MR) is 187 cm³/mol. The standard InChI is InChI=1S/C43H39NO/c1-31(2)44-39-27-17-16-26-38(39)42(3,29-32-18-8-4-9-19-32)43(44)30-36(33-20-10-5-11-21-33)28-37(34-22-12-6-13-23-34)40(43)41(45)35-24-14-7-15-25-35/h4-28,30-31,40H,29H2,1-3H3/t40-,42-,43-/m0/s1. The van der Waals surface area contributed by atoms with E-state index in [0.717, 1.165) is 34.3 Å². The van der Waals surface area contributed by atoms with Crippen molar-refractivity contribution in [3.05, 3.63) is 186 Å². The number of nitrogens with zero attached hydrogens (tertiary/aromatic N) is 1. The quantitative estimate of drug-likeness (QED) is 0.177. The van der Waals surface area contributed by atoms with Gasteiger partial charge in [0.2, 0.25) is 0 Å². The van der Waals surface area contributed by atoms with Crippen LogP contribution in [0.1, 0.15) is 53.4 Å². The normalized spacial score (nSPS) is 22.2. The third-order valence-corrected chi connectivity index (χ3v) is 9.93. The highest BCUT2D eigenvalue weighted by molar-refractivity contribution is 6.10. The molecule has 222 valence electrons. The molecule has 45 heavy (non-hydrogen) atoms. The van der Waals surface area contributed by atoms with Gasteiger partial charge in [-0.2, -0.15) is 0 Å². The largest absolute Gasteiger partial charge is 0.358 e. The van der Waals surface area contributed by atoms with Gasteiger partial charge in [0.15, 0.2) is 5.78 Å². The molecule has 0 amide bonds. The average molecular weight is 586 g/mol. The number of carbonyl (C=O) groups excluding carboxylic acids is 1. The van der Waals surface area contributed by atoms with Crippen molar-refractivity contribution in [3.63, 3.8) is 0 Å². The van der Waals surface area contributed by atoms with Crippen molar-refractivity contribution in [1.29, 1.82) is 0 Å². The van der Waals surface area contributed by atoms with Crippen molar-refractivity contribution in [2.45, 2.75) is 44.2 Å². The van der Waals surface area contributed by atoms with Crippen molar-refractivity contribution < 1.29 is 4.79 Å². The highest BCUT2D eigenvalue weighted by atomic mass is 16.1. The van der Waals surface area contributed by atoms with E-state index in [-0.39, 0.29) is 11.8 Å². The van der Waals surface area contributed by atoms with Gasteiger partial charge in [0.1, 0.15) is 0 Å². The number of Topliss-reactive ketones (excluding diaryl/α,β-unsaturated/α-hetero) is 1. The summed E-state index contributed by atoms with van der Waals surface area (Å²) < 4.78 is 0. The lowest BCUT2D eigenvalue weighted by atomic mass is 9.54. The van der Waals surface area contributed by atoms with Crippen LogP contribution in [-0.2, 0) is 11.8 Å². The number of carbonyl (C=O) groups is 1. The van der Waals surface area contributed by atoms with Crippen molar-refractivity contribution in [2.75, 3.05) is 4.90 Å². The van der Waals surface area contributed by atoms with Crippen LogP contribution in [0.25, 0.3) is 11.1 Å². The number of benzene rings is 5. The Labute approximate surface area is 267 Å². The summed E-state index contributed by atoms with van der Waals surface area (Å²) >= 11 is 0. The third-order valence-electron chi connectivity index (χ3n) is 9.93. The summed E-state index contributed by atoms with van der Waals surface area (Å²) in [7, 11) is 0. The first-order chi connectivity index (χ1) is 21.9. The molecule has 5 aromatic rings. The molecule has 5 aromatic carbocycles. The summed E-state index contributed by atoms with van der Waals surface area (Å²) in [4.78, 5) is 17.9. The molecule has 0 saturated carbocycles. The van der Waals surface area contributed by atoms with Gasteiger partial charge < -0.3 is 4.90 Å². The van der Waals surface area contributed by atoms with E-state index in [4.69, 9.17) is 0 Å². The molecule has 1 aliphatic carbocycles. The molecular weight excluding hydrogens is 546 g/mol. The van der Waals surface area contributed by atoms with Gasteiger partial charge in [-0.3, -0.25) is 4.79 Å². The van der Waals surface area contributed by atoms with Crippen molar-refractivity contribution in [2.24, 2.45) is 5.92 Å². The zero-order chi connectivity index (χ0) is 31.0. The average Bonchev–Trinajstić information content (AvgIpc) is 3.29. The fourth-order valence-electron chi connectivity index (χ4n) is 8.10. The van der Waals surface area contributed by atoms with Crippen molar-refractivity contribution >= 4 is 22.6 Å². The van der Waals surface area contributed by atoms with Gasteiger partial charge in [0.05, 0.1) is 11.5 Å². The molecule has 0 aromatic heterocycles. The number of allylic oxidation sites excluding steroid dienone is 2. The van der Waals surface area contributed by atoms with Gasteiger partial charge in [-0.25, -0.2) is 0 Å². The number of hydrogen-bond donors (Lipinski definition) is 0. The number of fused-ring (bicyclic) bond motifs is 1. The fourth-order valence-corrected chi connectivity index (χ4v) is 8.10. The second-order valence-corrected chi connectivity index (χ2v) is 12.9. The Kier molecular flexibility index (Phi) is 7.37. The Bertz CT molecular complexity index is 1870. The number of hydrogen-bond acceptors (Lipinski definition) is 2. The number of anilines is 1. The van der Waals surface area contributed by atoms with Crippen LogP contribution in [0.3, 0.4) is 0 Å². The van der Waals surface area contributed by atoms with Gasteiger partial charge in [-0.15, -0.1) is 0 Å². The number of rotatable bonds is 7. The molecule has 1 heterocycles. The maximum atomic E-state index is 15.4. The fraction of sp³-hybridized carbons (Fsp3) is 0.186. The first kappa shape index (κ1) is 28.8. The highest BCUT2D eigenvalue weighted by Gasteiger charge is 2.65. The molecule has 0 saturated heterocycles. The van der Waals surface area contributed by atoms with Crippen LogP contribution in [0.4, 0.5) is 5.69 Å². The molecule has 0 N–H and O–H groups in total. The summed E-state index contributed by atoms with van der Waals surface area (Å²) in [6.45, 7) is 6.94. The smallest absolute Gasteiger partial charge is 0.173 e. The zero-order valence-electron chi connectivity index (χ0n) is 26.2. The Morgan fingerprint density at radius 2 is 1.22 bits per heavy atom. The summed E-state index contributed by atoms with van der Waals surface area (Å²) in [5, 5.41) is 0. The van der Waals surface area contributed by atoms with Gasteiger partial charge in [0.25, 0.3) is 0 Å². The van der Waals surface area contributed by atoms with E-state index in [2.05, 4.69) is 153 Å². The van der Waals surface area contributed by atoms with E-state index in [9.17, 15) is 0 Å². The molecule has 0 radical (unpaired) electrons. The Morgan fingerprint density at radius 3 is 1.84 bits per heavy atom. The lowest BCUT2D eigenvalue weighted by Gasteiger charge is -2.55. The van der Waals surface area contributed by atoms with E-state index in [1.54, 1.807) is 0 Å². The van der Waals surface area contributed by atoms with Gasteiger partial charge in [0, 0.05) is 22.7 Å². The number of para-hydroxylation sites is 1. The topological polar surface area (TPSA) is 20.3 Å². The van der Waals surface area contributed by atoms with Crippen LogP contribution in [0, 0.1) is 5.92 Å². The van der Waals surface area contributed by atoms with E-state index in [1.165, 1.54) is 16.8 Å². The second kappa shape index (κ2) is 11.5. The van der Waals surface area contributed by atoms with Gasteiger partial charge in [-0.05, 0) is 71.9 Å². The molecule has 0 unspecified atom stereocenters. The molecule has 7 rings (SSSR count). The van der Waals surface area contributed by atoms with E-state index in [0.29, 0.717) is 0 Å². The summed E-state index contributed by atoms with van der Waals surface area (Å²) in [6, 6.07) is 50.9. The summed E-state index contributed by atoms with van der Waals surface area (Å²) in [5.74, 6) is -0.329. The van der Waals surface area contributed by atoms with Gasteiger partial charge >= 0.3 is 0 Å². The second-order valence-electron chi connectivity index (χ2n) is 12.9. The minimum absolute atomic E-state index is 0.123. The van der Waals surface area contributed by atoms with E-state index >= 15 is 4.79 Å². The Balaban J connectivity index is 1.61. The molecule has 2 heteroatoms. The molecule has 3 atom stereocenters. The van der Waals surface area contributed by atoms with Crippen LogP contribution in [0.15, 0.2) is 158 Å². The van der Waals surface area contributed by atoms with Gasteiger partial charge in [-0.1, -0.05) is 146 Å². The minimum atomic E-state index is -0.723. The Morgan fingerprint density at radius 1 is 0.689 bits per heavy atom. The van der Waals surface area contributed by atoms with Crippen LogP contribution < -0.4 is 4.90 Å². The molecule has 1 aliphatic heterocycles. The summed E-state index contributed by atoms with van der Waals surface area (Å²) in [5.41, 5.74) is 7.73. The maximum absolute atomic E-state index is 15.4. The zero-order valence-corrected chi connectivity index (χ0v) is 26.2. The highest BCUT2D eigenvalue weighted by Crippen LogP contribution is 2.62. The first-order valence-corrected chi connectivity index (χ1v) is 16.0. The predicted octanol–water partition coefficient (Wildman–Crippen LogP) is 9.83. The SMILES string of the molecule is CC(C)N1c2ccccc2[C@](C)(Cc2ccccc2)[C@@]12C=C(c1ccccc1)C=C(c1ccccc1)[C@H]2C(=O)c1ccccc1.